The fourth-order valence-electron chi connectivity index (χ4n) is 4.55. The highest BCUT2D eigenvalue weighted by molar-refractivity contribution is 7.15. The van der Waals surface area contributed by atoms with Gasteiger partial charge in [0.2, 0.25) is 4.96 Å². The summed E-state index contributed by atoms with van der Waals surface area (Å²) >= 11 is 7.33. The fraction of sp³-hybridized carbons (Fsp3) is 0.222. The van der Waals surface area contributed by atoms with Crippen molar-refractivity contribution in [2.75, 3.05) is 0 Å². The summed E-state index contributed by atoms with van der Waals surface area (Å²) in [4.78, 5) is 31.2. The van der Waals surface area contributed by atoms with Gasteiger partial charge < -0.3 is 4.57 Å². The van der Waals surface area contributed by atoms with Gasteiger partial charge in [-0.1, -0.05) is 53.6 Å². The average molecular weight is 490 g/mol. The Labute approximate surface area is 205 Å². The lowest BCUT2D eigenvalue weighted by molar-refractivity contribution is 0.804. The van der Waals surface area contributed by atoms with E-state index in [-0.39, 0.29) is 11.1 Å². The standard InChI is InChI=1S/C27H24ClN3O2S/c1-5-20-16(3)29-27-31(25(20)32)26(33)24(34-27)13-21-17(4)30(14-18-7-9-19(28)10-8-18)23-11-6-15(2)12-22(21)23/h6-13H,5,14H2,1-4H3/b24-13-. The Bertz CT molecular complexity index is 1740. The van der Waals surface area contributed by atoms with E-state index in [2.05, 4.69) is 41.6 Å². The molecule has 172 valence electrons. The van der Waals surface area contributed by atoms with E-state index in [1.165, 1.54) is 15.7 Å². The number of nitrogens with zero attached hydrogens (tertiary/aromatic N) is 3. The molecule has 0 aliphatic heterocycles. The number of hydrogen-bond acceptors (Lipinski definition) is 4. The lowest BCUT2D eigenvalue weighted by Gasteiger charge is -2.09. The fourth-order valence-corrected chi connectivity index (χ4v) is 5.66. The molecule has 0 fully saturated rings. The number of rotatable bonds is 4. The van der Waals surface area contributed by atoms with Crippen LogP contribution in [0.5, 0.6) is 0 Å². The summed E-state index contributed by atoms with van der Waals surface area (Å²) < 4.78 is 3.98. The topological polar surface area (TPSA) is 56.4 Å². The molecular formula is C27H24ClN3O2S. The molecule has 0 unspecified atom stereocenters. The van der Waals surface area contributed by atoms with Crippen molar-refractivity contribution in [3.05, 3.63) is 106 Å². The molecule has 5 aromatic rings. The van der Waals surface area contributed by atoms with Gasteiger partial charge >= 0.3 is 0 Å². The number of aryl methyl sites for hydroxylation is 2. The average Bonchev–Trinajstić information content (AvgIpc) is 3.24. The van der Waals surface area contributed by atoms with E-state index >= 15 is 0 Å². The van der Waals surface area contributed by atoms with Crippen molar-refractivity contribution < 1.29 is 0 Å². The van der Waals surface area contributed by atoms with E-state index < -0.39 is 0 Å². The van der Waals surface area contributed by atoms with Crippen LogP contribution in [0.3, 0.4) is 0 Å². The molecule has 0 radical (unpaired) electrons. The highest BCUT2D eigenvalue weighted by atomic mass is 35.5. The largest absolute Gasteiger partial charge is 0.340 e. The second kappa shape index (κ2) is 8.53. The van der Waals surface area contributed by atoms with Crippen LogP contribution in [0.1, 0.15) is 40.6 Å². The Morgan fingerprint density at radius 3 is 2.47 bits per heavy atom. The van der Waals surface area contributed by atoms with E-state index in [9.17, 15) is 9.59 Å². The summed E-state index contributed by atoms with van der Waals surface area (Å²) in [5.41, 5.74) is 6.12. The third-order valence-corrected chi connectivity index (χ3v) is 7.60. The Kier molecular flexibility index (Phi) is 5.66. The van der Waals surface area contributed by atoms with Gasteiger partial charge in [0.25, 0.3) is 11.1 Å². The molecule has 0 bridgehead atoms. The van der Waals surface area contributed by atoms with Crippen LogP contribution < -0.4 is 15.7 Å². The quantitative estimate of drug-likeness (QED) is 0.364. The summed E-state index contributed by atoms with van der Waals surface area (Å²) in [7, 11) is 0. The van der Waals surface area contributed by atoms with Crippen molar-refractivity contribution in [2.24, 2.45) is 0 Å². The zero-order chi connectivity index (χ0) is 24.1. The number of benzene rings is 2. The van der Waals surface area contributed by atoms with Crippen LogP contribution in [0.15, 0.2) is 52.1 Å². The van der Waals surface area contributed by atoms with Crippen molar-refractivity contribution >= 4 is 44.9 Å². The Morgan fingerprint density at radius 1 is 1.03 bits per heavy atom. The number of aromatic nitrogens is 3. The molecule has 0 amide bonds. The maximum absolute atomic E-state index is 13.3. The zero-order valence-corrected chi connectivity index (χ0v) is 21.0. The van der Waals surface area contributed by atoms with E-state index in [0.717, 1.165) is 33.3 Å². The number of halogens is 1. The maximum Gasteiger partial charge on any atom is 0.277 e. The highest BCUT2D eigenvalue weighted by Crippen LogP contribution is 2.29. The molecule has 0 atom stereocenters. The second-order valence-corrected chi connectivity index (χ2v) is 10.0. The monoisotopic (exact) mass is 489 g/mol. The van der Waals surface area contributed by atoms with Crippen LogP contribution in [0, 0.1) is 20.8 Å². The van der Waals surface area contributed by atoms with Crippen LogP contribution in [-0.4, -0.2) is 14.0 Å². The minimum atomic E-state index is -0.308. The van der Waals surface area contributed by atoms with Crippen molar-refractivity contribution in [1.82, 2.24) is 14.0 Å². The highest BCUT2D eigenvalue weighted by Gasteiger charge is 2.16. The summed E-state index contributed by atoms with van der Waals surface area (Å²) in [5, 5.41) is 1.79. The van der Waals surface area contributed by atoms with Gasteiger partial charge in [0.15, 0.2) is 0 Å². The van der Waals surface area contributed by atoms with E-state index in [0.29, 0.717) is 38.7 Å². The first kappa shape index (κ1) is 22.6. The first-order valence-corrected chi connectivity index (χ1v) is 12.4. The van der Waals surface area contributed by atoms with E-state index in [4.69, 9.17) is 11.6 Å². The van der Waals surface area contributed by atoms with Crippen LogP contribution >= 0.6 is 22.9 Å². The van der Waals surface area contributed by atoms with Gasteiger partial charge in [-0.15, -0.1) is 0 Å². The molecule has 0 spiro atoms. The third-order valence-electron chi connectivity index (χ3n) is 6.38. The SMILES string of the molecule is CCc1c(C)nc2s/c(=C\c3c(C)n(Cc4ccc(Cl)cc4)c4ccc(C)cc34)c(=O)n2c1=O. The number of thiazole rings is 1. The summed E-state index contributed by atoms with van der Waals surface area (Å²) in [6, 6.07) is 14.2. The molecule has 5 nitrogen and oxygen atoms in total. The van der Waals surface area contributed by atoms with Gasteiger partial charge in [0.1, 0.15) is 0 Å². The predicted octanol–water partition coefficient (Wildman–Crippen LogP) is 4.81. The van der Waals surface area contributed by atoms with Gasteiger partial charge in [-0.2, -0.15) is 0 Å². The number of fused-ring (bicyclic) bond motifs is 2. The molecule has 3 heterocycles. The molecule has 0 N–H and O–H groups in total. The van der Waals surface area contributed by atoms with E-state index in [1.807, 2.05) is 44.2 Å². The molecule has 0 aliphatic rings. The first-order chi connectivity index (χ1) is 16.3. The zero-order valence-electron chi connectivity index (χ0n) is 19.5. The third kappa shape index (κ3) is 3.67. The normalized spacial score (nSPS) is 12.3. The Morgan fingerprint density at radius 2 is 1.76 bits per heavy atom. The van der Waals surface area contributed by atoms with Gasteiger partial charge in [-0.25, -0.2) is 9.38 Å². The Hall–Kier alpha value is -3.22. The van der Waals surface area contributed by atoms with Gasteiger partial charge in [0.05, 0.1) is 4.53 Å². The molecule has 0 saturated heterocycles. The minimum Gasteiger partial charge on any atom is -0.340 e. The van der Waals surface area contributed by atoms with Gasteiger partial charge in [0, 0.05) is 45.0 Å². The molecule has 0 saturated carbocycles. The van der Waals surface area contributed by atoms with Crippen LogP contribution in [0.2, 0.25) is 5.02 Å². The molecule has 2 aromatic carbocycles. The van der Waals surface area contributed by atoms with Crippen molar-refractivity contribution in [3.8, 4) is 0 Å². The maximum atomic E-state index is 13.3. The van der Waals surface area contributed by atoms with Gasteiger partial charge in [-0.3, -0.25) is 9.59 Å². The molecule has 5 rings (SSSR count). The minimum absolute atomic E-state index is 0.261. The van der Waals surface area contributed by atoms with Crippen LogP contribution in [0.25, 0.3) is 21.9 Å². The van der Waals surface area contributed by atoms with E-state index in [1.54, 1.807) is 0 Å². The molecule has 3 aromatic heterocycles. The van der Waals surface area contributed by atoms with Crippen molar-refractivity contribution in [1.29, 1.82) is 0 Å². The second-order valence-electron chi connectivity index (χ2n) is 8.60. The summed E-state index contributed by atoms with van der Waals surface area (Å²) in [6.07, 6.45) is 2.46. The Balaban J connectivity index is 1.76. The lowest BCUT2D eigenvalue weighted by atomic mass is 10.1. The molecule has 34 heavy (non-hydrogen) atoms. The summed E-state index contributed by atoms with van der Waals surface area (Å²) in [5.74, 6) is 0. The summed E-state index contributed by atoms with van der Waals surface area (Å²) in [6.45, 7) is 8.55. The van der Waals surface area contributed by atoms with Crippen LogP contribution in [-0.2, 0) is 13.0 Å². The first-order valence-electron chi connectivity index (χ1n) is 11.2. The molecule has 0 aliphatic carbocycles. The lowest BCUT2D eigenvalue weighted by Crippen LogP contribution is -2.33. The predicted molar refractivity (Wildman–Crippen MR) is 140 cm³/mol. The smallest absolute Gasteiger partial charge is 0.277 e. The molecule has 7 heteroatoms. The van der Waals surface area contributed by atoms with Gasteiger partial charge in [-0.05, 0) is 63.1 Å². The van der Waals surface area contributed by atoms with Crippen molar-refractivity contribution in [3.63, 3.8) is 0 Å². The van der Waals surface area contributed by atoms with Crippen LogP contribution in [0.4, 0.5) is 0 Å². The van der Waals surface area contributed by atoms with Crippen molar-refractivity contribution in [2.45, 2.75) is 40.7 Å². The molecular weight excluding hydrogens is 466 g/mol. The number of hydrogen-bond donors (Lipinski definition) is 0.